The molecule has 1 fully saturated rings. The maximum Gasteiger partial charge on any atom is 0.220 e. The van der Waals surface area contributed by atoms with Gasteiger partial charge in [-0.1, -0.05) is 25.0 Å². The summed E-state index contributed by atoms with van der Waals surface area (Å²) in [6, 6.07) is 4.16. The summed E-state index contributed by atoms with van der Waals surface area (Å²) >= 11 is 0. The number of amides is 1. The highest BCUT2D eigenvalue weighted by atomic mass is 35.5. The maximum atomic E-state index is 13.5. The lowest BCUT2D eigenvalue weighted by Gasteiger charge is -2.31. The number of carbonyl (C=O) groups is 1. The molecule has 2 unspecified atom stereocenters. The minimum absolute atomic E-state index is 0. The van der Waals surface area contributed by atoms with E-state index < -0.39 is 11.6 Å². The van der Waals surface area contributed by atoms with Crippen molar-refractivity contribution in [3.8, 4) is 0 Å². The number of aryl methyl sites for hydroxylation is 1. The SMILES string of the molecule is Cl.NCC1CCCCC1NC(=O)CCc1cccc(F)c1F. The zero-order valence-electron chi connectivity index (χ0n) is 12.5. The van der Waals surface area contributed by atoms with Crippen LogP contribution in [0.25, 0.3) is 0 Å². The van der Waals surface area contributed by atoms with Gasteiger partial charge in [0, 0.05) is 12.5 Å². The van der Waals surface area contributed by atoms with Crippen molar-refractivity contribution >= 4 is 18.3 Å². The van der Waals surface area contributed by atoms with E-state index in [1.165, 1.54) is 12.1 Å². The fourth-order valence-corrected chi connectivity index (χ4v) is 2.95. The van der Waals surface area contributed by atoms with Crippen LogP contribution in [0, 0.1) is 17.6 Å². The Morgan fingerprint density at radius 2 is 2.00 bits per heavy atom. The van der Waals surface area contributed by atoms with Crippen LogP contribution < -0.4 is 11.1 Å². The third kappa shape index (κ3) is 4.92. The van der Waals surface area contributed by atoms with Crippen LogP contribution in [-0.2, 0) is 11.2 Å². The van der Waals surface area contributed by atoms with E-state index in [9.17, 15) is 13.6 Å². The number of hydrogen-bond donors (Lipinski definition) is 2. The molecule has 0 aliphatic heterocycles. The molecule has 0 spiro atoms. The molecular weight excluding hydrogens is 310 g/mol. The van der Waals surface area contributed by atoms with Gasteiger partial charge in [0.1, 0.15) is 0 Å². The lowest BCUT2D eigenvalue weighted by Crippen LogP contribution is -2.44. The first-order chi connectivity index (χ1) is 10.1. The van der Waals surface area contributed by atoms with Gasteiger partial charge < -0.3 is 11.1 Å². The van der Waals surface area contributed by atoms with Crippen molar-refractivity contribution < 1.29 is 13.6 Å². The van der Waals surface area contributed by atoms with Gasteiger partial charge in [-0.25, -0.2) is 8.78 Å². The van der Waals surface area contributed by atoms with Crippen LogP contribution >= 0.6 is 12.4 Å². The zero-order valence-corrected chi connectivity index (χ0v) is 13.3. The second-order valence-electron chi connectivity index (χ2n) is 5.67. The Kier molecular flexibility index (Phi) is 7.76. The Morgan fingerprint density at radius 3 is 2.73 bits per heavy atom. The summed E-state index contributed by atoms with van der Waals surface area (Å²) < 4.78 is 26.6. The Balaban J connectivity index is 0.00000242. The third-order valence-electron chi connectivity index (χ3n) is 4.21. The summed E-state index contributed by atoms with van der Waals surface area (Å²) in [6.07, 6.45) is 4.61. The Morgan fingerprint density at radius 1 is 1.27 bits per heavy atom. The zero-order chi connectivity index (χ0) is 15.2. The molecule has 0 saturated heterocycles. The second-order valence-corrected chi connectivity index (χ2v) is 5.67. The quantitative estimate of drug-likeness (QED) is 0.871. The molecular formula is C16H23ClF2N2O. The third-order valence-corrected chi connectivity index (χ3v) is 4.21. The first kappa shape index (κ1) is 18.8. The van der Waals surface area contributed by atoms with E-state index in [1.807, 2.05) is 0 Å². The minimum atomic E-state index is -0.872. The summed E-state index contributed by atoms with van der Waals surface area (Å²) in [5.74, 6) is -1.52. The van der Waals surface area contributed by atoms with Gasteiger partial charge in [0.2, 0.25) is 5.91 Å². The molecule has 1 aliphatic carbocycles. The largest absolute Gasteiger partial charge is 0.353 e. The fourth-order valence-electron chi connectivity index (χ4n) is 2.95. The molecule has 1 aromatic rings. The summed E-state index contributed by atoms with van der Waals surface area (Å²) in [4.78, 5) is 12.0. The predicted molar refractivity (Wildman–Crippen MR) is 84.9 cm³/mol. The van der Waals surface area contributed by atoms with E-state index in [2.05, 4.69) is 5.32 Å². The van der Waals surface area contributed by atoms with Gasteiger partial charge in [0.25, 0.3) is 0 Å². The van der Waals surface area contributed by atoms with Crippen molar-refractivity contribution in [2.45, 2.75) is 44.6 Å². The highest BCUT2D eigenvalue weighted by Gasteiger charge is 2.25. The summed E-state index contributed by atoms with van der Waals surface area (Å²) in [6.45, 7) is 0.573. The fraction of sp³-hybridized carbons (Fsp3) is 0.562. The lowest BCUT2D eigenvalue weighted by atomic mass is 9.84. The molecule has 22 heavy (non-hydrogen) atoms. The molecule has 1 saturated carbocycles. The van der Waals surface area contributed by atoms with Crippen LogP contribution in [0.1, 0.15) is 37.7 Å². The predicted octanol–water partition coefficient (Wildman–Crippen LogP) is 2.95. The number of halogens is 3. The molecule has 2 atom stereocenters. The van der Waals surface area contributed by atoms with Crippen molar-refractivity contribution in [2.75, 3.05) is 6.54 Å². The number of carbonyl (C=O) groups excluding carboxylic acids is 1. The Hall–Kier alpha value is -1.20. The van der Waals surface area contributed by atoms with E-state index in [0.717, 1.165) is 31.7 Å². The van der Waals surface area contributed by atoms with E-state index >= 15 is 0 Å². The van der Waals surface area contributed by atoms with Crippen LogP contribution in [0.3, 0.4) is 0 Å². The average molecular weight is 333 g/mol. The van der Waals surface area contributed by atoms with E-state index in [-0.39, 0.29) is 42.8 Å². The summed E-state index contributed by atoms with van der Waals surface area (Å²) in [7, 11) is 0. The van der Waals surface area contributed by atoms with Crippen molar-refractivity contribution in [2.24, 2.45) is 11.7 Å². The number of nitrogens with one attached hydrogen (secondary N) is 1. The maximum absolute atomic E-state index is 13.5. The second kappa shape index (κ2) is 9.06. The van der Waals surface area contributed by atoms with Gasteiger partial charge in [-0.15, -0.1) is 12.4 Å². The standard InChI is InChI=1S/C16H22F2N2O.ClH/c17-13-6-3-5-11(16(13)18)8-9-15(21)20-14-7-2-1-4-12(14)10-19;/h3,5-6,12,14H,1-2,4,7-10,19H2,(H,20,21);1H. The van der Waals surface area contributed by atoms with E-state index in [0.29, 0.717) is 12.5 Å². The minimum Gasteiger partial charge on any atom is -0.353 e. The molecule has 3 N–H and O–H groups in total. The highest BCUT2D eigenvalue weighted by molar-refractivity contribution is 5.85. The number of nitrogens with two attached hydrogens (primary N) is 1. The van der Waals surface area contributed by atoms with Crippen molar-refractivity contribution in [1.82, 2.24) is 5.32 Å². The lowest BCUT2D eigenvalue weighted by molar-refractivity contribution is -0.122. The molecule has 0 bridgehead atoms. The Labute approximate surface area is 136 Å². The molecule has 1 amide bonds. The number of rotatable bonds is 5. The van der Waals surface area contributed by atoms with Gasteiger partial charge in [-0.3, -0.25) is 4.79 Å². The van der Waals surface area contributed by atoms with Gasteiger partial charge >= 0.3 is 0 Å². The normalized spacial score (nSPS) is 21.0. The van der Waals surface area contributed by atoms with E-state index in [1.54, 1.807) is 0 Å². The van der Waals surface area contributed by atoms with Crippen LogP contribution in [0.4, 0.5) is 8.78 Å². The molecule has 6 heteroatoms. The van der Waals surface area contributed by atoms with Crippen LogP contribution in [0.15, 0.2) is 18.2 Å². The molecule has 3 nitrogen and oxygen atoms in total. The smallest absolute Gasteiger partial charge is 0.220 e. The first-order valence-electron chi connectivity index (χ1n) is 7.54. The molecule has 0 radical (unpaired) electrons. The van der Waals surface area contributed by atoms with Gasteiger partial charge in [0.05, 0.1) is 0 Å². The number of benzene rings is 1. The average Bonchev–Trinajstić information content (AvgIpc) is 2.49. The summed E-state index contributed by atoms with van der Waals surface area (Å²) in [5, 5.41) is 2.99. The molecule has 0 heterocycles. The van der Waals surface area contributed by atoms with Crippen LogP contribution in [-0.4, -0.2) is 18.5 Å². The monoisotopic (exact) mass is 332 g/mol. The van der Waals surface area contributed by atoms with Crippen molar-refractivity contribution in [1.29, 1.82) is 0 Å². The molecule has 0 aromatic heterocycles. The summed E-state index contributed by atoms with van der Waals surface area (Å²) in [5.41, 5.74) is 5.97. The van der Waals surface area contributed by atoms with Crippen LogP contribution in [0.5, 0.6) is 0 Å². The molecule has 1 aliphatic rings. The van der Waals surface area contributed by atoms with Crippen molar-refractivity contribution in [3.05, 3.63) is 35.4 Å². The van der Waals surface area contributed by atoms with Crippen LogP contribution in [0.2, 0.25) is 0 Å². The van der Waals surface area contributed by atoms with Gasteiger partial charge in [0.15, 0.2) is 11.6 Å². The highest BCUT2D eigenvalue weighted by Crippen LogP contribution is 2.23. The molecule has 1 aromatic carbocycles. The van der Waals surface area contributed by atoms with E-state index in [4.69, 9.17) is 5.73 Å². The molecule has 2 rings (SSSR count). The first-order valence-corrected chi connectivity index (χ1v) is 7.54. The Bertz CT molecular complexity index is 499. The molecule has 124 valence electrons. The van der Waals surface area contributed by atoms with Gasteiger partial charge in [-0.05, 0) is 43.4 Å². The number of hydrogen-bond acceptors (Lipinski definition) is 2. The van der Waals surface area contributed by atoms with Gasteiger partial charge in [-0.2, -0.15) is 0 Å². The van der Waals surface area contributed by atoms with Crippen molar-refractivity contribution in [3.63, 3.8) is 0 Å². The topological polar surface area (TPSA) is 55.1 Å².